The van der Waals surface area contributed by atoms with Crippen LogP contribution in [0.4, 0.5) is 5.69 Å². The highest BCUT2D eigenvalue weighted by atomic mass is 15.1. The Balaban J connectivity index is 1.14. The lowest BCUT2D eigenvalue weighted by Gasteiger charge is -2.23. The quantitative estimate of drug-likeness (QED) is 0.156. The molecule has 6 nitrogen and oxygen atoms in total. The molecule has 3 aromatic heterocycles. The molecule has 16 aromatic rings. The summed E-state index contributed by atoms with van der Waals surface area (Å²) in [5, 5.41) is 37.0. The Morgan fingerprint density at radius 1 is 0.284 bits per heavy atom. The summed E-state index contributed by atoms with van der Waals surface area (Å²) in [6.07, 6.45) is 0. The molecule has 0 aliphatic heterocycles. The molecule has 0 saturated carbocycles. The molecule has 0 atom stereocenters. The number of rotatable bonds is 6. The van der Waals surface area contributed by atoms with Gasteiger partial charge in [-0.15, -0.1) is 0 Å². The van der Waals surface area contributed by atoms with Crippen LogP contribution in [-0.4, -0.2) is 13.7 Å². The van der Waals surface area contributed by atoms with Crippen LogP contribution in [-0.2, 0) is 0 Å². The number of nitrogens with zero attached hydrogens (tertiary/aromatic N) is 6. The maximum Gasteiger partial charge on any atom is 0.236 e. The van der Waals surface area contributed by atoms with E-state index >= 15 is 0 Å². The molecule has 0 aliphatic carbocycles. The average molecular weight is 1030 g/mol. The fourth-order valence-corrected chi connectivity index (χ4v) is 13.2. The van der Waals surface area contributed by atoms with Gasteiger partial charge in [0.15, 0.2) is 0 Å². The zero-order valence-electron chi connectivity index (χ0n) is 43.4. The van der Waals surface area contributed by atoms with Gasteiger partial charge in [0, 0.05) is 32.3 Å². The van der Waals surface area contributed by atoms with Crippen molar-refractivity contribution >= 4 is 103 Å². The van der Waals surface area contributed by atoms with E-state index in [-0.39, 0.29) is 16.8 Å². The highest BCUT2D eigenvalue weighted by Crippen LogP contribution is 2.51. The van der Waals surface area contributed by atoms with Gasteiger partial charge in [-0.25, -0.2) is 4.85 Å². The van der Waals surface area contributed by atoms with E-state index in [4.69, 9.17) is 0 Å². The Morgan fingerprint density at radius 3 is 0.901 bits per heavy atom. The smallest absolute Gasteiger partial charge is 0.236 e. The van der Waals surface area contributed by atoms with Gasteiger partial charge in [0.25, 0.3) is 0 Å². The molecular weight excluding hydrogens is 985 g/mol. The number of hydrogen-bond acceptors (Lipinski definition) is 2. The van der Waals surface area contributed by atoms with E-state index < -0.39 is 0 Å². The van der Waals surface area contributed by atoms with Crippen LogP contribution in [0.25, 0.3) is 153 Å². The predicted molar refractivity (Wildman–Crippen MR) is 334 cm³/mol. The van der Waals surface area contributed by atoms with Crippen molar-refractivity contribution in [3.8, 4) is 62.6 Å². The maximum absolute atomic E-state index is 12.4. The van der Waals surface area contributed by atoms with Crippen LogP contribution in [0.5, 0.6) is 0 Å². The van der Waals surface area contributed by atoms with Gasteiger partial charge in [-0.1, -0.05) is 200 Å². The Labute approximate surface area is 465 Å². The van der Waals surface area contributed by atoms with Crippen molar-refractivity contribution in [2.24, 2.45) is 0 Å². The Hall–Kier alpha value is -11.5. The second-order valence-electron chi connectivity index (χ2n) is 20.8. The maximum atomic E-state index is 12.4. The molecule has 0 aliphatic rings. The third kappa shape index (κ3) is 6.65. The Morgan fingerprint density at radius 2 is 0.580 bits per heavy atom. The molecule has 0 N–H and O–H groups in total. The van der Waals surface area contributed by atoms with Gasteiger partial charge >= 0.3 is 0 Å². The lowest BCUT2D eigenvalue weighted by atomic mass is 9.99. The van der Waals surface area contributed by atoms with E-state index in [1.54, 1.807) is 0 Å². The van der Waals surface area contributed by atoms with Crippen LogP contribution < -0.4 is 0 Å². The van der Waals surface area contributed by atoms with E-state index in [2.05, 4.69) is 267 Å². The molecule has 6 heteroatoms. The summed E-state index contributed by atoms with van der Waals surface area (Å²) >= 11 is 0. The zero-order chi connectivity index (χ0) is 53.9. The first-order chi connectivity index (χ1) is 40.1. The lowest BCUT2D eigenvalue weighted by molar-refractivity contribution is 1.08. The van der Waals surface area contributed by atoms with Crippen LogP contribution in [0.2, 0.25) is 0 Å². The number of fused-ring (bicyclic) bond motifs is 15. The van der Waals surface area contributed by atoms with Crippen LogP contribution in [0.1, 0.15) is 11.1 Å². The van der Waals surface area contributed by atoms with Crippen molar-refractivity contribution in [2.45, 2.75) is 0 Å². The van der Waals surface area contributed by atoms with E-state index in [1.807, 2.05) is 18.2 Å². The summed E-state index contributed by atoms with van der Waals surface area (Å²) in [7, 11) is 0. The van der Waals surface area contributed by atoms with Crippen molar-refractivity contribution in [2.75, 3.05) is 0 Å². The average Bonchev–Trinajstić information content (AvgIpc) is 4.36. The van der Waals surface area contributed by atoms with E-state index in [0.717, 1.165) is 131 Å². The van der Waals surface area contributed by atoms with Crippen LogP contribution >= 0.6 is 0 Å². The number of nitriles is 2. The van der Waals surface area contributed by atoms with E-state index in [0.29, 0.717) is 17.1 Å². The highest BCUT2D eigenvalue weighted by Gasteiger charge is 2.33. The second-order valence-corrected chi connectivity index (χ2v) is 20.8. The SMILES string of the molecule is [C-]#[N+]c1c(-n2c3ccc(-c4ccccc4)cc3c3c4ccccc4ccc32)c(C#N)c(-n2c3ccc(-c4ccccc4)cc3c3c4ccccc4ccc32)c(C#N)c1-n1c2ccc(-c3ccccc3)cc2c2c3ccccc3ccc21. The summed E-state index contributed by atoms with van der Waals surface area (Å²) in [6.45, 7) is 9.64. The second kappa shape index (κ2) is 17.8. The molecule has 3 heterocycles. The van der Waals surface area contributed by atoms with Crippen molar-refractivity contribution in [1.82, 2.24) is 13.7 Å². The minimum absolute atomic E-state index is 0.183. The first kappa shape index (κ1) is 45.7. The molecule has 0 spiro atoms. The molecule has 0 saturated heterocycles. The Kier molecular flexibility index (Phi) is 10.0. The first-order valence-corrected chi connectivity index (χ1v) is 27.1. The molecule has 16 rings (SSSR count). The monoisotopic (exact) mass is 1030 g/mol. The molecule has 0 amide bonds. The molecular formula is C75H42N6. The summed E-state index contributed by atoms with van der Waals surface area (Å²) in [6, 6.07) is 94.2. The largest absolute Gasteiger partial charge is 0.317 e. The third-order valence-corrected chi connectivity index (χ3v) is 16.7. The van der Waals surface area contributed by atoms with Crippen molar-refractivity contribution in [3.05, 3.63) is 277 Å². The summed E-state index contributed by atoms with van der Waals surface area (Å²) in [4.78, 5) is 4.61. The zero-order valence-corrected chi connectivity index (χ0v) is 43.4. The molecule has 0 unspecified atom stereocenters. The minimum atomic E-state index is 0.183. The van der Waals surface area contributed by atoms with Gasteiger partial charge < -0.3 is 13.7 Å². The fraction of sp³-hybridized carbons (Fsp3) is 0. The lowest BCUT2D eigenvalue weighted by Crippen LogP contribution is -2.11. The Bertz CT molecular complexity index is 4920. The molecule has 0 radical (unpaired) electrons. The summed E-state index contributed by atoms with van der Waals surface area (Å²) < 4.78 is 6.41. The molecule has 13 aromatic carbocycles. The van der Waals surface area contributed by atoms with Gasteiger partial charge in [-0.2, -0.15) is 10.5 Å². The fourth-order valence-electron chi connectivity index (χ4n) is 13.2. The molecule has 0 bridgehead atoms. The van der Waals surface area contributed by atoms with Gasteiger partial charge in [0.1, 0.15) is 12.1 Å². The van der Waals surface area contributed by atoms with Gasteiger partial charge in [-0.3, -0.25) is 0 Å². The number of aromatic nitrogens is 3. The number of hydrogen-bond donors (Lipinski definition) is 0. The van der Waals surface area contributed by atoms with Gasteiger partial charge in [0.05, 0.1) is 67.9 Å². The van der Waals surface area contributed by atoms with Crippen LogP contribution in [0, 0.1) is 29.2 Å². The van der Waals surface area contributed by atoms with Crippen LogP contribution in [0.15, 0.2) is 255 Å². The summed E-state index contributed by atoms with van der Waals surface area (Å²) in [5.41, 5.74) is 13.1. The highest BCUT2D eigenvalue weighted by molar-refractivity contribution is 6.26. The van der Waals surface area contributed by atoms with Crippen LogP contribution in [0.3, 0.4) is 0 Å². The predicted octanol–water partition coefficient (Wildman–Crippen LogP) is 19.7. The van der Waals surface area contributed by atoms with Crippen molar-refractivity contribution in [3.63, 3.8) is 0 Å². The third-order valence-electron chi connectivity index (χ3n) is 16.7. The molecule has 0 fully saturated rings. The molecule has 372 valence electrons. The van der Waals surface area contributed by atoms with Crippen molar-refractivity contribution in [1.29, 1.82) is 10.5 Å². The van der Waals surface area contributed by atoms with Gasteiger partial charge in [0.2, 0.25) is 5.69 Å². The van der Waals surface area contributed by atoms with Gasteiger partial charge in [-0.05, 0) is 120 Å². The molecule has 81 heavy (non-hydrogen) atoms. The van der Waals surface area contributed by atoms with Crippen molar-refractivity contribution < 1.29 is 0 Å². The minimum Gasteiger partial charge on any atom is -0.317 e. The normalized spacial score (nSPS) is 11.7. The standard InChI is InChI=1S/C75H42N6/c1-78-72-74(80-64-36-33-53(47-19-7-3-8-20-47)42-59(64)70-56-27-15-12-24-50(56)30-39-67(70)80)61(44-76)73(79-63-35-32-52(46-17-5-2-6-18-46)41-58(63)69-55-26-14-11-23-49(55)29-38-66(69)79)62(45-77)75(72)81-65-37-34-54(48-21-9-4-10-22-48)43-60(65)71-57-28-16-13-25-51(57)31-40-68(71)81/h2-43H. The number of benzene rings is 13. The van der Waals surface area contributed by atoms with E-state index in [9.17, 15) is 17.1 Å². The summed E-state index contributed by atoms with van der Waals surface area (Å²) in [5.74, 6) is 0. The van der Waals surface area contributed by atoms with E-state index in [1.165, 1.54) is 0 Å². The first-order valence-electron chi connectivity index (χ1n) is 27.1. The topological polar surface area (TPSA) is 66.7 Å².